The highest BCUT2D eigenvalue weighted by Gasteiger charge is 2.20. The third-order valence-electron chi connectivity index (χ3n) is 4.89. The van der Waals surface area contributed by atoms with Gasteiger partial charge in [0, 0.05) is 33.4 Å². The van der Waals surface area contributed by atoms with Crippen molar-refractivity contribution in [3.05, 3.63) is 65.5 Å². The fraction of sp³-hybridized carbons (Fsp3) is 0.227. The highest BCUT2D eigenvalue weighted by Crippen LogP contribution is 2.27. The highest BCUT2D eigenvalue weighted by atomic mass is 16.3. The van der Waals surface area contributed by atoms with Crippen LogP contribution in [0.5, 0.6) is 0 Å². The zero-order valence-electron chi connectivity index (χ0n) is 16.9. The van der Waals surface area contributed by atoms with Crippen LogP contribution in [0, 0.1) is 6.92 Å². The molecule has 7 heteroatoms. The number of furan rings is 1. The molecule has 1 N–H and O–H groups in total. The number of hydrogen-bond acceptors (Lipinski definition) is 5. The smallest absolute Gasteiger partial charge is 0.252 e. The Labute approximate surface area is 169 Å². The van der Waals surface area contributed by atoms with Crippen LogP contribution in [-0.2, 0) is 13.6 Å². The van der Waals surface area contributed by atoms with Gasteiger partial charge in [-0.15, -0.1) is 0 Å². The number of aromatic nitrogens is 3. The average Bonchev–Trinajstić information content (AvgIpc) is 3.34. The normalized spacial score (nSPS) is 11.0. The first-order valence-electron chi connectivity index (χ1n) is 9.36. The second-order valence-electron chi connectivity index (χ2n) is 7.18. The summed E-state index contributed by atoms with van der Waals surface area (Å²) in [5.41, 5.74) is 4.70. The third-order valence-corrected chi connectivity index (χ3v) is 4.89. The molecule has 1 amide bonds. The molecule has 3 heterocycles. The molecule has 3 aromatic heterocycles. The van der Waals surface area contributed by atoms with Crippen molar-refractivity contribution in [1.29, 1.82) is 0 Å². The number of benzene rings is 1. The van der Waals surface area contributed by atoms with E-state index in [4.69, 9.17) is 4.42 Å². The van der Waals surface area contributed by atoms with Crippen molar-refractivity contribution >= 4 is 22.6 Å². The fourth-order valence-corrected chi connectivity index (χ4v) is 3.36. The van der Waals surface area contributed by atoms with E-state index in [2.05, 4.69) is 15.4 Å². The average molecular weight is 389 g/mol. The molecular weight excluding hydrogens is 366 g/mol. The van der Waals surface area contributed by atoms with E-state index in [1.54, 1.807) is 23.1 Å². The lowest BCUT2D eigenvalue weighted by molar-refractivity contribution is 0.0952. The second-order valence-corrected chi connectivity index (χ2v) is 7.18. The zero-order chi connectivity index (χ0) is 20.5. The van der Waals surface area contributed by atoms with Gasteiger partial charge in [-0.2, -0.15) is 5.10 Å². The molecule has 4 rings (SSSR count). The second kappa shape index (κ2) is 7.43. The molecule has 0 atom stereocenters. The molecule has 1 aromatic carbocycles. The molecule has 0 saturated carbocycles. The van der Waals surface area contributed by atoms with E-state index in [0.717, 1.165) is 22.3 Å². The van der Waals surface area contributed by atoms with Gasteiger partial charge in [0.2, 0.25) is 0 Å². The minimum Gasteiger partial charge on any atom is -0.463 e. The number of amides is 1. The minimum absolute atomic E-state index is 0.169. The van der Waals surface area contributed by atoms with E-state index in [1.807, 2.05) is 63.3 Å². The summed E-state index contributed by atoms with van der Waals surface area (Å²) in [4.78, 5) is 19.8. The van der Waals surface area contributed by atoms with Crippen LogP contribution in [0.4, 0.5) is 5.69 Å². The van der Waals surface area contributed by atoms with Gasteiger partial charge >= 0.3 is 0 Å². The monoisotopic (exact) mass is 389 g/mol. The van der Waals surface area contributed by atoms with Crippen molar-refractivity contribution < 1.29 is 9.21 Å². The van der Waals surface area contributed by atoms with Crippen molar-refractivity contribution in [3.8, 4) is 11.5 Å². The van der Waals surface area contributed by atoms with Crippen molar-refractivity contribution in [1.82, 2.24) is 20.1 Å². The summed E-state index contributed by atoms with van der Waals surface area (Å²) >= 11 is 0. The maximum atomic E-state index is 13.1. The maximum Gasteiger partial charge on any atom is 0.252 e. The number of nitrogens with zero attached hydrogens (tertiary/aromatic N) is 4. The summed E-state index contributed by atoms with van der Waals surface area (Å²) in [7, 11) is 5.82. The van der Waals surface area contributed by atoms with Crippen LogP contribution in [0.15, 0.2) is 53.1 Å². The Morgan fingerprint density at radius 2 is 1.97 bits per heavy atom. The van der Waals surface area contributed by atoms with E-state index >= 15 is 0 Å². The first kappa shape index (κ1) is 18.7. The minimum atomic E-state index is -0.169. The van der Waals surface area contributed by atoms with E-state index < -0.39 is 0 Å². The Hall–Kier alpha value is -3.61. The first-order chi connectivity index (χ1) is 13.9. The fourth-order valence-electron chi connectivity index (χ4n) is 3.36. The molecule has 7 nitrogen and oxygen atoms in total. The lowest BCUT2D eigenvalue weighted by Crippen LogP contribution is -2.23. The van der Waals surface area contributed by atoms with E-state index in [9.17, 15) is 4.79 Å². The summed E-state index contributed by atoms with van der Waals surface area (Å²) in [6, 6.07) is 13.5. The van der Waals surface area contributed by atoms with Crippen molar-refractivity contribution in [2.24, 2.45) is 7.05 Å². The number of pyridine rings is 1. The maximum absolute atomic E-state index is 13.1. The Balaban J connectivity index is 1.66. The number of fused-ring (bicyclic) bond motifs is 1. The molecule has 4 aromatic rings. The van der Waals surface area contributed by atoms with Gasteiger partial charge in [-0.05, 0) is 42.8 Å². The first-order valence-corrected chi connectivity index (χ1v) is 9.36. The molecule has 0 aliphatic carbocycles. The zero-order valence-corrected chi connectivity index (χ0v) is 16.9. The number of rotatable bonds is 5. The van der Waals surface area contributed by atoms with Crippen LogP contribution in [0.1, 0.15) is 21.6 Å². The molecule has 0 radical (unpaired) electrons. The van der Waals surface area contributed by atoms with Crippen LogP contribution < -0.4 is 10.2 Å². The lowest BCUT2D eigenvalue weighted by Gasteiger charge is -2.13. The Morgan fingerprint density at radius 3 is 2.62 bits per heavy atom. The van der Waals surface area contributed by atoms with E-state index in [-0.39, 0.29) is 5.91 Å². The van der Waals surface area contributed by atoms with Gasteiger partial charge in [-0.25, -0.2) is 4.98 Å². The van der Waals surface area contributed by atoms with Crippen LogP contribution in [0.3, 0.4) is 0 Å². The molecule has 29 heavy (non-hydrogen) atoms. The molecule has 148 valence electrons. The number of anilines is 1. The number of hydrogen-bond donors (Lipinski definition) is 1. The van der Waals surface area contributed by atoms with Crippen molar-refractivity contribution in [2.75, 3.05) is 19.0 Å². The Morgan fingerprint density at radius 1 is 1.21 bits per heavy atom. The summed E-state index contributed by atoms with van der Waals surface area (Å²) < 4.78 is 7.17. The SMILES string of the molecule is Cc1nn(C)c2nc(-c3ccco3)cc(C(=O)NCc3ccc(N(C)C)cc3)c12. The van der Waals surface area contributed by atoms with Gasteiger partial charge < -0.3 is 14.6 Å². The summed E-state index contributed by atoms with van der Waals surface area (Å²) in [6.45, 7) is 2.32. The lowest BCUT2D eigenvalue weighted by atomic mass is 10.1. The highest BCUT2D eigenvalue weighted by molar-refractivity contribution is 6.07. The van der Waals surface area contributed by atoms with Crippen LogP contribution >= 0.6 is 0 Å². The molecule has 0 fully saturated rings. The number of aryl methyl sites for hydroxylation is 2. The number of carbonyl (C=O) groups is 1. The summed E-state index contributed by atoms with van der Waals surface area (Å²) in [6.07, 6.45) is 1.59. The standard InChI is InChI=1S/C22H23N5O2/c1-14-20-17(22(28)23-13-15-7-9-16(10-8-15)26(2)3)12-18(19-6-5-11-29-19)24-21(20)27(4)25-14/h5-12H,13H2,1-4H3,(H,23,28). The predicted molar refractivity (Wildman–Crippen MR) is 113 cm³/mol. The summed E-state index contributed by atoms with van der Waals surface area (Å²) in [5.74, 6) is 0.442. The molecule has 0 bridgehead atoms. The molecular formula is C22H23N5O2. The Bertz CT molecular complexity index is 1160. The topological polar surface area (TPSA) is 76.2 Å². The predicted octanol–water partition coefficient (Wildman–Crippen LogP) is 3.53. The van der Waals surface area contributed by atoms with Gasteiger partial charge in [-0.1, -0.05) is 12.1 Å². The molecule has 0 aliphatic rings. The quantitative estimate of drug-likeness (QED) is 0.565. The van der Waals surface area contributed by atoms with Gasteiger partial charge in [-0.3, -0.25) is 9.48 Å². The number of nitrogens with one attached hydrogen (secondary N) is 1. The molecule has 0 spiro atoms. The van der Waals surface area contributed by atoms with E-state index in [0.29, 0.717) is 29.2 Å². The van der Waals surface area contributed by atoms with Crippen LogP contribution in [0.25, 0.3) is 22.5 Å². The van der Waals surface area contributed by atoms with E-state index in [1.165, 1.54) is 0 Å². The molecule has 0 unspecified atom stereocenters. The van der Waals surface area contributed by atoms with Crippen molar-refractivity contribution in [2.45, 2.75) is 13.5 Å². The van der Waals surface area contributed by atoms with Gasteiger partial charge in [0.15, 0.2) is 11.4 Å². The van der Waals surface area contributed by atoms with Crippen LogP contribution in [0.2, 0.25) is 0 Å². The van der Waals surface area contributed by atoms with Gasteiger partial charge in [0.25, 0.3) is 5.91 Å². The largest absolute Gasteiger partial charge is 0.463 e. The Kier molecular flexibility index (Phi) is 4.80. The van der Waals surface area contributed by atoms with Gasteiger partial charge in [0.1, 0.15) is 5.69 Å². The molecule has 0 aliphatic heterocycles. The molecule has 0 saturated heterocycles. The number of carbonyl (C=O) groups excluding carboxylic acids is 1. The van der Waals surface area contributed by atoms with Gasteiger partial charge in [0.05, 0.1) is 22.9 Å². The summed E-state index contributed by atoms with van der Waals surface area (Å²) in [5, 5.41) is 8.21. The van der Waals surface area contributed by atoms with Crippen molar-refractivity contribution in [3.63, 3.8) is 0 Å². The van der Waals surface area contributed by atoms with Crippen LogP contribution in [-0.4, -0.2) is 34.8 Å². The third kappa shape index (κ3) is 3.59.